The Bertz CT molecular complexity index is 3510. The molecule has 11 fully saturated rings. The van der Waals surface area contributed by atoms with Crippen molar-refractivity contribution in [1.29, 1.82) is 0 Å². The Labute approximate surface area is 740 Å². The Kier molecular flexibility index (Phi) is 38.7. The number of aliphatic hydroxyl groups excluding tert-OH is 32. The number of nitrogens with one attached hydrogen (secondary N) is 3. The smallest absolute Gasteiger partial charge is 0.217 e. The molecule has 1 unspecified atom stereocenters. The van der Waals surface area contributed by atoms with Gasteiger partial charge in [-0.3, -0.25) is 14.4 Å². The molecule has 55 atom stereocenters. The van der Waals surface area contributed by atoms with Crippen LogP contribution in [0.3, 0.4) is 0 Å². The quantitative estimate of drug-likeness (QED) is 0.0284. The maximum atomic E-state index is 13.3. The molecule has 0 aliphatic carbocycles. The number of amides is 3. The van der Waals surface area contributed by atoms with Gasteiger partial charge in [0.1, 0.15) is 268 Å². The molecular formula is C72H121N3O56. The van der Waals surface area contributed by atoms with Gasteiger partial charge in [-0.05, 0) is 0 Å². The second-order valence-corrected chi connectivity index (χ2v) is 33.1. The molecule has 11 heterocycles. The maximum absolute atomic E-state index is 13.3. The van der Waals surface area contributed by atoms with Crippen molar-refractivity contribution in [2.24, 2.45) is 0 Å². The first-order valence-corrected chi connectivity index (χ1v) is 41.7. The van der Waals surface area contributed by atoms with Crippen LogP contribution in [-0.4, -0.2) is 591 Å². The Hall–Kier alpha value is -3.71. The second-order valence-electron chi connectivity index (χ2n) is 33.1. The molecule has 11 aliphatic rings. The third-order valence-corrected chi connectivity index (χ3v) is 24.1. The first kappa shape index (κ1) is 108. The number of carbonyl (C=O) groups excluding carboxylic acids is 3. The van der Waals surface area contributed by atoms with E-state index in [1.54, 1.807) is 0 Å². The van der Waals surface area contributed by atoms with E-state index in [2.05, 4.69) is 16.0 Å². The lowest BCUT2D eigenvalue weighted by Crippen LogP contribution is -2.69. The van der Waals surface area contributed by atoms with Gasteiger partial charge >= 0.3 is 0 Å². The van der Waals surface area contributed by atoms with Crippen LogP contribution in [0.5, 0.6) is 0 Å². The van der Waals surface area contributed by atoms with E-state index in [-0.39, 0.29) is 0 Å². The summed E-state index contributed by atoms with van der Waals surface area (Å²) in [5, 5.41) is 361. The summed E-state index contributed by atoms with van der Waals surface area (Å²) in [6.45, 7) is -9.22. The number of aliphatic hydroxyl groups is 32. The highest BCUT2D eigenvalue weighted by molar-refractivity contribution is 5.74. The van der Waals surface area contributed by atoms with E-state index < -0.39 is 428 Å². The van der Waals surface area contributed by atoms with Gasteiger partial charge in [0.15, 0.2) is 69.2 Å². The predicted molar refractivity (Wildman–Crippen MR) is 397 cm³/mol. The topological polar surface area (TPSA) is 928 Å². The number of hydrogen-bond donors (Lipinski definition) is 35. The van der Waals surface area contributed by atoms with Crippen LogP contribution < -0.4 is 16.0 Å². The first-order valence-electron chi connectivity index (χ1n) is 41.7. The fourth-order valence-electron chi connectivity index (χ4n) is 16.8. The monoisotopic (exact) mass is 1920 g/mol. The Balaban J connectivity index is 0.867. The van der Waals surface area contributed by atoms with Gasteiger partial charge in [0.25, 0.3) is 0 Å². The molecule has 0 aromatic heterocycles. The number of rotatable bonds is 34. The highest BCUT2D eigenvalue weighted by atomic mass is 16.8. The summed E-state index contributed by atoms with van der Waals surface area (Å²) in [4.78, 5) is 38.9. The molecule has 11 aliphatic heterocycles. The van der Waals surface area contributed by atoms with Gasteiger partial charge in [0.2, 0.25) is 17.7 Å². The van der Waals surface area contributed by atoms with Crippen molar-refractivity contribution in [3.05, 3.63) is 0 Å². The molecule has 0 aromatic carbocycles. The summed E-state index contributed by atoms with van der Waals surface area (Å²) in [7, 11) is 0. The highest BCUT2D eigenvalue weighted by Gasteiger charge is 2.62. The zero-order valence-electron chi connectivity index (χ0n) is 69.6. The summed E-state index contributed by atoms with van der Waals surface area (Å²) in [5.74, 6) is -2.84. The van der Waals surface area contributed by atoms with Gasteiger partial charge in [0, 0.05) is 20.8 Å². The van der Waals surface area contributed by atoms with Crippen molar-refractivity contribution >= 4 is 17.7 Å². The molecule has 59 heteroatoms. The average molecular weight is 1920 g/mol. The van der Waals surface area contributed by atoms with Crippen LogP contribution in [0.1, 0.15) is 20.8 Å². The van der Waals surface area contributed by atoms with E-state index in [0.717, 1.165) is 20.8 Å². The molecule has 3 amide bonds. The summed E-state index contributed by atoms with van der Waals surface area (Å²) >= 11 is 0. The molecule has 0 aromatic rings. The van der Waals surface area contributed by atoms with Gasteiger partial charge in [-0.25, -0.2) is 0 Å². The molecule has 131 heavy (non-hydrogen) atoms. The van der Waals surface area contributed by atoms with Crippen molar-refractivity contribution in [2.75, 3.05) is 72.7 Å². The Morgan fingerprint density at radius 2 is 0.389 bits per heavy atom. The van der Waals surface area contributed by atoms with Gasteiger partial charge in [-0.1, -0.05) is 0 Å². The highest BCUT2D eigenvalue weighted by Crippen LogP contribution is 2.41. The zero-order valence-corrected chi connectivity index (χ0v) is 69.6. The minimum Gasteiger partial charge on any atom is -0.394 e. The normalized spacial score (nSPS) is 50.7. The van der Waals surface area contributed by atoms with Crippen LogP contribution in [0.2, 0.25) is 0 Å². The third-order valence-electron chi connectivity index (χ3n) is 24.1. The number of hydrogen-bond acceptors (Lipinski definition) is 56. The first-order chi connectivity index (χ1) is 62.0. The van der Waals surface area contributed by atoms with Crippen molar-refractivity contribution < 1.29 is 277 Å². The van der Waals surface area contributed by atoms with Crippen LogP contribution in [0.25, 0.3) is 0 Å². The molecule has 11 saturated heterocycles. The average Bonchev–Trinajstić information content (AvgIpc) is 0.770. The lowest BCUT2D eigenvalue weighted by molar-refractivity contribution is -0.395. The number of ether oxygens (including phenoxy) is 21. The fraction of sp³-hybridized carbons (Fsp3) is 0.958. The van der Waals surface area contributed by atoms with Crippen LogP contribution >= 0.6 is 0 Å². The fourth-order valence-corrected chi connectivity index (χ4v) is 16.8. The van der Waals surface area contributed by atoms with Crippen LogP contribution in [-0.2, 0) is 114 Å². The predicted octanol–water partition coefficient (Wildman–Crippen LogP) is -24.5. The minimum absolute atomic E-state index is 0.890. The van der Waals surface area contributed by atoms with Gasteiger partial charge in [-0.2, -0.15) is 0 Å². The molecule has 35 N–H and O–H groups in total. The van der Waals surface area contributed by atoms with Crippen LogP contribution in [0, 0.1) is 0 Å². The molecule has 0 saturated carbocycles. The summed E-state index contributed by atoms with van der Waals surface area (Å²) in [6.07, 6.45) is -110. The number of carbonyl (C=O) groups is 3. The van der Waals surface area contributed by atoms with E-state index in [1.807, 2.05) is 0 Å². The molecule has 0 spiro atoms. The lowest BCUT2D eigenvalue weighted by atomic mass is 9.94. The summed E-state index contributed by atoms with van der Waals surface area (Å²) < 4.78 is 123. The standard InChI is InChI=1S/C72H121N3O56/c1-15(84)73-29-39(94)55(125-66-48(103)42(97)32(87)18(4-76)115-66)23(9-81)119-63(29)111-12-26-36(91)59(129-68-50(105)44(99)34(89)20(6-78)117-68)52(107)70(122-26)127-57-25(11-83)121-65(31(41(57)96)75-17(3)86)113-14-28-37(92)60(130-69-51(106)45(100)35(90)21(7-79)118-69)54(109)72(124-28)131-61-38(93)27(123-71(53(61)108)128-58-22(8-80)114-62(110)47(102)46(58)101)13-112-64-30(74-16(2)85)40(95)56(24(10-82)120-64)126-67-49(104)43(98)33(88)19(5-77)116-67/h18-72,76-83,87-110H,4-14H2,1-3H3,(H,73,84)(H,74,85)(H,75,86)/t18-,19-,20-,21-,22-,23-,24-,25-,26-,27-,28-,29-,30-,31-,32+,33+,34+,35+,36+,37+,38+,39-,40-,41-,42+,43+,44+,45+,46-,47-,48-,49-,50-,51-,52-,53-,54-,55-,56-,57-,58-,59+,60+,61+,62?,63-,64-,65-,66+,67+,68+,69+,70+,71+,72+/m1/s1. The molecule has 59 nitrogen and oxygen atoms in total. The Morgan fingerprint density at radius 1 is 0.198 bits per heavy atom. The lowest BCUT2D eigenvalue weighted by Gasteiger charge is -2.50. The van der Waals surface area contributed by atoms with Crippen LogP contribution in [0.15, 0.2) is 0 Å². The van der Waals surface area contributed by atoms with E-state index >= 15 is 0 Å². The molecular weight excluding hydrogens is 1800 g/mol. The van der Waals surface area contributed by atoms with Crippen molar-refractivity contribution in [3.63, 3.8) is 0 Å². The van der Waals surface area contributed by atoms with Crippen molar-refractivity contribution in [1.82, 2.24) is 16.0 Å². The summed E-state index contributed by atoms with van der Waals surface area (Å²) in [5.41, 5.74) is 0. The largest absolute Gasteiger partial charge is 0.394 e. The second kappa shape index (κ2) is 47.0. The van der Waals surface area contributed by atoms with E-state index in [1.165, 1.54) is 0 Å². The van der Waals surface area contributed by atoms with Gasteiger partial charge in [-0.15, -0.1) is 0 Å². The van der Waals surface area contributed by atoms with E-state index in [0.29, 0.717) is 0 Å². The van der Waals surface area contributed by atoms with Crippen molar-refractivity contribution in [2.45, 2.75) is 358 Å². The third kappa shape index (κ3) is 23.6. The van der Waals surface area contributed by atoms with Gasteiger partial charge < -0.3 is 279 Å². The molecule has 0 bridgehead atoms. The van der Waals surface area contributed by atoms with E-state index in [4.69, 9.17) is 99.5 Å². The van der Waals surface area contributed by atoms with Crippen molar-refractivity contribution in [3.8, 4) is 0 Å². The molecule has 760 valence electrons. The molecule has 11 rings (SSSR count). The van der Waals surface area contributed by atoms with Gasteiger partial charge in [0.05, 0.1) is 72.7 Å². The Morgan fingerprint density at radius 3 is 0.611 bits per heavy atom. The minimum atomic E-state index is -2.59. The van der Waals surface area contributed by atoms with E-state index in [9.17, 15) is 178 Å². The maximum Gasteiger partial charge on any atom is 0.217 e. The zero-order chi connectivity index (χ0) is 96.2. The molecule has 0 radical (unpaired) electrons. The van der Waals surface area contributed by atoms with Crippen LogP contribution in [0.4, 0.5) is 0 Å². The SMILES string of the molecule is CC(=O)N[C@H]1[C@H](OC[C@H]2O[C@@H](O[C@H]3[C@H](O)[C@@H](NC(C)=O)[C@H](OC[C@H]4O[C@@H](O[C@H]5[C@@H](O)[C@@H](CO[C@@H]6O[C@H](CO)[C@@H](O[C@@H]7O[C@H](CO)[C@H](O)[C@H](O)[C@H]7O)[C@H](O)[C@H]6NC(C)=O)O[C@@H](O[C@H]6[C@H](O)[C@@H](O)C(O)O[C@@H]6CO)[C@@H]5O)[C@H](O)[C@@H](O[C@@H]5O[C@H](CO)[C@H](O)[C@H](O)[C@H]5O)[C@H]4O)O[C@@H]3CO)[C@H](O)[C@@H](O[C@@H]3O[C@H](CO)[C@H](O)[C@H](O)[C@H]3O)[C@H]2O)O[C@H](CO)[C@@H](O[C@@H]2O[C@H](CO)[C@H](O)[C@H](O)[C@H]2O)[C@@H]1O. The summed E-state index contributed by atoms with van der Waals surface area (Å²) in [6, 6.07) is -5.68.